The van der Waals surface area contributed by atoms with Gasteiger partial charge in [-0.25, -0.2) is 0 Å². The van der Waals surface area contributed by atoms with Gasteiger partial charge in [0, 0.05) is 18.7 Å². The third-order valence-corrected chi connectivity index (χ3v) is 4.12. The van der Waals surface area contributed by atoms with E-state index in [1.54, 1.807) is 20.9 Å². The highest BCUT2D eigenvalue weighted by Crippen LogP contribution is 2.30. The molecule has 0 saturated carbocycles. The second kappa shape index (κ2) is 7.31. The van der Waals surface area contributed by atoms with Crippen LogP contribution in [0.15, 0.2) is 30.3 Å². The van der Waals surface area contributed by atoms with Crippen molar-refractivity contribution in [2.24, 2.45) is 7.05 Å². The molecule has 1 amide bonds. The van der Waals surface area contributed by atoms with Crippen LogP contribution in [0.3, 0.4) is 0 Å². The molecule has 0 saturated heterocycles. The summed E-state index contributed by atoms with van der Waals surface area (Å²) in [6, 6.07) is 4.29. The normalized spacial score (nSPS) is 13.2. The van der Waals surface area contributed by atoms with E-state index in [1.165, 1.54) is 29.0 Å². The maximum Gasteiger partial charge on any atom is 0.416 e. The Kier molecular flexibility index (Phi) is 5.57. The van der Waals surface area contributed by atoms with Crippen molar-refractivity contribution in [1.82, 2.24) is 15.1 Å². The van der Waals surface area contributed by atoms with Crippen LogP contribution in [0.1, 0.15) is 35.3 Å². The number of rotatable bonds is 4. The fourth-order valence-electron chi connectivity index (χ4n) is 2.32. The van der Waals surface area contributed by atoms with E-state index in [1.807, 2.05) is 0 Å². The van der Waals surface area contributed by atoms with Gasteiger partial charge >= 0.3 is 6.18 Å². The number of alkyl halides is 3. The van der Waals surface area contributed by atoms with E-state index in [-0.39, 0.29) is 0 Å². The van der Waals surface area contributed by atoms with Crippen molar-refractivity contribution < 1.29 is 18.0 Å². The molecule has 2 aromatic rings. The molecule has 0 aliphatic rings. The van der Waals surface area contributed by atoms with Gasteiger partial charge in [-0.15, -0.1) is 0 Å². The van der Waals surface area contributed by atoms with Gasteiger partial charge in [0.2, 0.25) is 5.91 Å². The molecular formula is C17H17ClF3N3O. The molecule has 1 heterocycles. The molecule has 4 nitrogen and oxygen atoms in total. The average molecular weight is 372 g/mol. The van der Waals surface area contributed by atoms with Crippen molar-refractivity contribution in [1.29, 1.82) is 0 Å². The summed E-state index contributed by atoms with van der Waals surface area (Å²) < 4.78 is 39.8. The SMILES string of the molecule is Cc1nn(C)c(Cl)c1/C=C/C(=O)NC(C)c1cccc(C(F)(F)F)c1. The molecule has 0 fully saturated rings. The van der Waals surface area contributed by atoms with E-state index < -0.39 is 23.7 Å². The zero-order valence-electron chi connectivity index (χ0n) is 13.9. The molecular weight excluding hydrogens is 355 g/mol. The molecule has 0 aliphatic carbocycles. The lowest BCUT2D eigenvalue weighted by molar-refractivity contribution is -0.137. The van der Waals surface area contributed by atoms with Crippen LogP contribution < -0.4 is 5.32 Å². The van der Waals surface area contributed by atoms with Gasteiger partial charge < -0.3 is 5.32 Å². The Balaban J connectivity index is 2.09. The summed E-state index contributed by atoms with van der Waals surface area (Å²) in [5, 5.41) is 7.15. The summed E-state index contributed by atoms with van der Waals surface area (Å²) in [6.07, 6.45) is -1.62. The lowest BCUT2D eigenvalue weighted by Crippen LogP contribution is -2.24. The minimum absolute atomic E-state index is 0.368. The highest BCUT2D eigenvalue weighted by atomic mass is 35.5. The van der Waals surface area contributed by atoms with E-state index in [0.717, 1.165) is 12.1 Å². The molecule has 0 spiro atoms. The summed E-state index contributed by atoms with van der Waals surface area (Å²) >= 11 is 6.07. The minimum Gasteiger partial charge on any atom is -0.346 e. The Bertz CT molecular complexity index is 812. The van der Waals surface area contributed by atoms with Gasteiger partial charge in [-0.2, -0.15) is 18.3 Å². The quantitative estimate of drug-likeness (QED) is 0.815. The number of carbonyl (C=O) groups is 1. The van der Waals surface area contributed by atoms with Gasteiger partial charge in [-0.1, -0.05) is 23.7 Å². The van der Waals surface area contributed by atoms with E-state index in [9.17, 15) is 18.0 Å². The molecule has 2 rings (SSSR count). The molecule has 1 aromatic carbocycles. The highest BCUT2D eigenvalue weighted by Gasteiger charge is 2.30. The molecule has 1 aromatic heterocycles. The molecule has 1 atom stereocenters. The van der Waals surface area contributed by atoms with Gasteiger partial charge in [0.05, 0.1) is 17.3 Å². The molecule has 25 heavy (non-hydrogen) atoms. The van der Waals surface area contributed by atoms with Crippen LogP contribution in [0.4, 0.5) is 13.2 Å². The van der Waals surface area contributed by atoms with Crippen molar-refractivity contribution in [3.63, 3.8) is 0 Å². The monoisotopic (exact) mass is 371 g/mol. The number of hydrogen-bond acceptors (Lipinski definition) is 2. The third-order valence-electron chi connectivity index (χ3n) is 3.67. The maximum atomic E-state index is 12.8. The molecule has 8 heteroatoms. The number of benzene rings is 1. The van der Waals surface area contributed by atoms with Gasteiger partial charge in [-0.3, -0.25) is 9.48 Å². The number of nitrogens with zero attached hydrogens (tertiary/aromatic N) is 2. The summed E-state index contributed by atoms with van der Waals surface area (Å²) in [7, 11) is 1.68. The van der Waals surface area contributed by atoms with E-state index in [2.05, 4.69) is 10.4 Å². The largest absolute Gasteiger partial charge is 0.416 e. The first-order valence-electron chi connectivity index (χ1n) is 7.44. The third kappa shape index (κ3) is 4.63. The van der Waals surface area contributed by atoms with Crippen LogP contribution in [0, 0.1) is 6.92 Å². The van der Waals surface area contributed by atoms with Gasteiger partial charge in [0.15, 0.2) is 0 Å². The average Bonchev–Trinajstić information content (AvgIpc) is 2.77. The van der Waals surface area contributed by atoms with Crippen LogP contribution >= 0.6 is 11.6 Å². The second-order valence-electron chi connectivity index (χ2n) is 5.60. The predicted octanol–water partition coefficient (Wildman–Crippen LogP) is 4.29. The fourth-order valence-corrected chi connectivity index (χ4v) is 2.56. The van der Waals surface area contributed by atoms with Gasteiger partial charge in [0.25, 0.3) is 0 Å². The Morgan fingerprint density at radius 2 is 2.08 bits per heavy atom. The summed E-state index contributed by atoms with van der Waals surface area (Å²) in [5.41, 5.74) is 0.903. The smallest absolute Gasteiger partial charge is 0.346 e. The fraction of sp³-hybridized carbons (Fsp3) is 0.294. The maximum absolute atomic E-state index is 12.8. The Morgan fingerprint density at radius 3 is 2.64 bits per heavy atom. The van der Waals surface area contributed by atoms with Crippen molar-refractivity contribution in [3.8, 4) is 0 Å². The van der Waals surface area contributed by atoms with Gasteiger partial charge in [-0.05, 0) is 37.6 Å². The second-order valence-corrected chi connectivity index (χ2v) is 5.96. The number of halogens is 4. The van der Waals surface area contributed by atoms with E-state index in [4.69, 9.17) is 11.6 Å². The number of aromatic nitrogens is 2. The highest BCUT2D eigenvalue weighted by molar-refractivity contribution is 6.31. The zero-order valence-corrected chi connectivity index (χ0v) is 14.6. The first-order valence-corrected chi connectivity index (χ1v) is 7.82. The number of carbonyl (C=O) groups excluding carboxylic acids is 1. The van der Waals surface area contributed by atoms with Gasteiger partial charge in [0.1, 0.15) is 5.15 Å². The Morgan fingerprint density at radius 1 is 1.40 bits per heavy atom. The molecule has 0 aliphatic heterocycles. The summed E-state index contributed by atoms with van der Waals surface area (Å²) in [4.78, 5) is 12.0. The number of nitrogens with one attached hydrogen (secondary N) is 1. The molecule has 134 valence electrons. The zero-order chi connectivity index (χ0) is 18.8. The number of hydrogen-bond donors (Lipinski definition) is 1. The van der Waals surface area contributed by atoms with Crippen LogP contribution in [-0.4, -0.2) is 15.7 Å². The topological polar surface area (TPSA) is 46.9 Å². The van der Waals surface area contributed by atoms with Crippen molar-refractivity contribution in [3.05, 3.63) is 57.9 Å². The van der Waals surface area contributed by atoms with Crippen LogP contribution in [0.5, 0.6) is 0 Å². The van der Waals surface area contributed by atoms with E-state index in [0.29, 0.717) is 22.0 Å². The molecule has 0 bridgehead atoms. The standard InChI is InChI=1S/C17H17ClF3N3O/c1-10(12-5-4-6-13(9-12)17(19,20)21)22-15(25)8-7-14-11(2)23-24(3)16(14)18/h4-10H,1-3H3,(H,22,25)/b8-7+. The van der Waals surface area contributed by atoms with Crippen LogP contribution in [0.25, 0.3) is 6.08 Å². The lowest BCUT2D eigenvalue weighted by Gasteiger charge is -2.15. The van der Waals surface area contributed by atoms with Crippen molar-refractivity contribution >= 4 is 23.6 Å². The number of amides is 1. The molecule has 1 N–H and O–H groups in total. The van der Waals surface area contributed by atoms with Crippen LogP contribution in [-0.2, 0) is 18.0 Å². The summed E-state index contributed by atoms with van der Waals surface area (Å²) in [5.74, 6) is -0.441. The van der Waals surface area contributed by atoms with Crippen molar-refractivity contribution in [2.45, 2.75) is 26.1 Å². The lowest BCUT2D eigenvalue weighted by atomic mass is 10.0. The van der Waals surface area contributed by atoms with Crippen molar-refractivity contribution in [2.75, 3.05) is 0 Å². The van der Waals surface area contributed by atoms with Crippen LogP contribution in [0.2, 0.25) is 5.15 Å². The predicted molar refractivity (Wildman–Crippen MR) is 90.0 cm³/mol. The Hall–Kier alpha value is -2.28. The molecule has 0 radical (unpaired) electrons. The number of aryl methyl sites for hydroxylation is 2. The van der Waals surface area contributed by atoms with E-state index >= 15 is 0 Å². The summed E-state index contributed by atoms with van der Waals surface area (Å²) in [6.45, 7) is 3.37. The first kappa shape index (κ1) is 19.1. The Labute approximate surface area is 148 Å². The molecule has 1 unspecified atom stereocenters. The minimum atomic E-state index is -4.42. The first-order chi connectivity index (χ1) is 11.6.